The van der Waals surface area contributed by atoms with Crippen LogP contribution >= 0.6 is 0 Å². The molecule has 4 rings (SSSR count). The molecule has 1 aliphatic rings. The second kappa shape index (κ2) is 9.53. The van der Waals surface area contributed by atoms with E-state index in [-0.39, 0.29) is 11.9 Å². The molecular formula is C25H25N3O4. The Labute approximate surface area is 186 Å². The Morgan fingerprint density at radius 1 is 0.969 bits per heavy atom. The van der Waals surface area contributed by atoms with Gasteiger partial charge in [-0.05, 0) is 65.6 Å². The Morgan fingerprint density at radius 3 is 2.47 bits per heavy atom. The van der Waals surface area contributed by atoms with E-state index in [9.17, 15) is 9.59 Å². The van der Waals surface area contributed by atoms with Gasteiger partial charge in [0.1, 0.15) is 12.4 Å². The van der Waals surface area contributed by atoms with E-state index in [1.165, 1.54) is 0 Å². The molecule has 7 heteroatoms. The van der Waals surface area contributed by atoms with Gasteiger partial charge in [-0.15, -0.1) is 0 Å². The third kappa shape index (κ3) is 4.90. The summed E-state index contributed by atoms with van der Waals surface area (Å²) < 4.78 is 10.8. The molecule has 3 amide bonds. The highest BCUT2D eigenvalue weighted by Crippen LogP contribution is 2.34. The Kier molecular flexibility index (Phi) is 6.37. The lowest BCUT2D eigenvalue weighted by molar-refractivity contribution is 0.0965. The molecule has 0 aromatic heterocycles. The minimum Gasteiger partial charge on any atom is -0.491 e. The normalized spacial score (nSPS) is 12.1. The van der Waals surface area contributed by atoms with Gasteiger partial charge in [0.25, 0.3) is 5.91 Å². The van der Waals surface area contributed by atoms with E-state index in [1.54, 1.807) is 13.2 Å². The summed E-state index contributed by atoms with van der Waals surface area (Å²) in [6, 6.07) is 18.5. The summed E-state index contributed by atoms with van der Waals surface area (Å²) >= 11 is 0. The lowest BCUT2D eigenvalue weighted by Crippen LogP contribution is -2.19. The van der Waals surface area contributed by atoms with Crippen LogP contribution < -0.4 is 20.7 Å². The summed E-state index contributed by atoms with van der Waals surface area (Å²) in [5, 5.41) is 8.53. The first-order chi connectivity index (χ1) is 15.5. The number of nitrogens with one attached hydrogen (secondary N) is 3. The number of fused-ring (bicyclic) bond motifs is 1. The van der Waals surface area contributed by atoms with Gasteiger partial charge in [-0.3, -0.25) is 4.79 Å². The maximum absolute atomic E-state index is 12.3. The highest BCUT2D eigenvalue weighted by Gasteiger charge is 2.24. The van der Waals surface area contributed by atoms with Gasteiger partial charge in [0, 0.05) is 30.6 Å². The maximum atomic E-state index is 12.3. The number of methoxy groups -OCH3 is 1. The van der Waals surface area contributed by atoms with Crippen molar-refractivity contribution < 1.29 is 19.1 Å². The molecule has 0 fully saturated rings. The first-order valence-electron chi connectivity index (χ1n) is 10.4. The Morgan fingerprint density at radius 2 is 1.72 bits per heavy atom. The third-order valence-electron chi connectivity index (χ3n) is 5.18. The topological polar surface area (TPSA) is 88.7 Å². The molecule has 7 nitrogen and oxygen atoms in total. The maximum Gasteiger partial charge on any atom is 0.323 e. The average molecular weight is 431 g/mol. The first kappa shape index (κ1) is 21.4. The van der Waals surface area contributed by atoms with E-state index in [1.807, 2.05) is 61.5 Å². The fraction of sp³-hybridized carbons (Fsp3) is 0.200. The minimum atomic E-state index is -0.312. The lowest BCUT2D eigenvalue weighted by atomic mass is 9.96. The number of amides is 3. The molecule has 0 unspecified atom stereocenters. The molecule has 3 aromatic carbocycles. The molecule has 0 atom stereocenters. The number of hydrogen-bond donors (Lipinski definition) is 3. The SMILES string of the molecule is COCCOc1cc2c(c(-c3ccc(NC(=O)Nc4cccc(C)c4)cc3)c1)CNC2=O. The number of hydrogen-bond acceptors (Lipinski definition) is 4. The van der Waals surface area contributed by atoms with Crippen molar-refractivity contribution in [3.05, 3.63) is 77.4 Å². The smallest absolute Gasteiger partial charge is 0.323 e. The van der Waals surface area contributed by atoms with Crippen LogP contribution in [0.15, 0.2) is 60.7 Å². The number of rotatable bonds is 7. The van der Waals surface area contributed by atoms with Crippen molar-refractivity contribution in [3.63, 3.8) is 0 Å². The summed E-state index contributed by atoms with van der Waals surface area (Å²) in [7, 11) is 1.61. The van der Waals surface area contributed by atoms with Gasteiger partial charge < -0.3 is 25.4 Å². The quantitative estimate of drug-likeness (QED) is 0.478. The molecule has 3 N–H and O–H groups in total. The van der Waals surface area contributed by atoms with Crippen molar-refractivity contribution in [1.82, 2.24) is 5.32 Å². The Bertz CT molecular complexity index is 1140. The number of anilines is 2. The van der Waals surface area contributed by atoms with Crippen molar-refractivity contribution in [1.29, 1.82) is 0 Å². The molecular weight excluding hydrogens is 406 g/mol. The standard InChI is InChI=1S/C25H25N3O4/c1-16-4-3-5-19(12-16)28-25(30)27-18-8-6-17(7-9-18)21-13-20(32-11-10-31-2)14-22-23(21)15-26-24(22)29/h3-9,12-14H,10-11,15H2,1-2H3,(H,26,29)(H2,27,28,30). The number of urea groups is 1. The second-order valence-corrected chi connectivity index (χ2v) is 7.55. The van der Waals surface area contributed by atoms with Crippen LogP contribution in [-0.2, 0) is 11.3 Å². The van der Waals surface area contributed by atoms with Crippen LogP contribution in [0.4, 0.5) is 16.2 Å². The van der Waals surface area contributed by atoms with E-state index in [4.69, 9.17) is 9.47 Å². The van der Waals surface area contributed by atoms with Gasteiger partial charge in [-0.25, -0.2) is 4.79 Å². The van der Waals surface area contributed by atoms with Gasteiger partial charge in [0.2, 0.25) is 0 Å². The van der Waals surface area contributed by atoms with Crippen LogP contribution in [0.5, 0.6) is 5.75 Å². The van der Waals surface area contributed by atoms with Crippen LogP contribution in [0.1, 0.15) is 21.5 Å². The largest absolute Gasteiger partial charge is 0.491 e. The van der Waals surface area contributed by atoms with Gasteiger partial charge in [-0.2, -0.15) is 0 Å². The summed E-state index contributed by atoms with van der Waals surface area (Å²) in [6.07, 6.45) is 0. The molecule has 0 radical (unpaired) electrons. The molecule has 1 heterocycles. The molecule has 3 aromatic rings. The van der Waals surface area contributed by atoms with Crippen molar-refractivity contribution in [3.8, 4) is 16.9 Å². The predicted octanol–water partition coefficient (Wildman–Crippen LogP) is 4.57. The molecule has 1 aliphatic heterocycles. The third-order valence-corrected chi connectivity index (χ3v) is 5.18. The predicted molar refractivity (Wildman–Crippen MR) is 124 cm³/mol. The van der Waals surface area contributed by atoms with Crippen LogP contribution in [0, 0.1) is 6.92 Å². The molecule has 32 heavy (non-hydrogen) atoms. The number of benzene rings is 3. The molecule has 0 spiro atoms. The van der Waals surface area contributed by atoms with E-state index in [2.05, 4.69) is 16.0 Å². The van der Waals surface area contributed by atoms with Gasteiger partial charge in [0.05, 0.1) is 6.61 Å². The Hall–Kier alpha value is -3.84. The molecule has 0 bridgehead atoms. The zero-order valence-corrected chi connectivity index (χ0v) is 18.0. The van der Waals surface area contributed by atoms with Gasteiger partial charge in [0.15, 0.2) is 0 Å². The summed E-state index contributed by atoms with van der Waals surface area (Å²) in [5.74, 6) is 0.511. The van der Waals surface area contributed by atoms with E-state index >= 15 is 0 Å². The average Bonchev–Trinajstić information content (AvgIpc) is 3.15. The van der Waals surface area contributed by atoms with Crippen LogP contribution in [0.3, 0.4) is 0 Å². The van der Waals surface area contributed by atoms with E-state index in [0.717, 1.165) is 27.9 Å². The summed E-state index contributed by atoms with van der Waals surface area (Å²) in [5.41, 5.74) is 5.88. The van der Waals surface area contributed by atoms with Crippen LogP contribution in [-0.4, -0.2) is 32.3 Å². The van der Waals surface area contributed by atoms with Crippen LogP contribution in [0.2, 0.25) is 0 Å². The summed E-state index contributed by atoms with van der Waals surface area (Å²) in [4.78, 5) is 24.5. The number of carbonyl (C=O) groups excluding carboxylic acids is 2. The number of carbonyl (C=O) groups is 2. The summed E-state index contributed by atoms with van der Waals surface area (Å²) in [6.45, 7) is 3.30. The number of aryl methyl sites for hydroxylation is 1. The zero-order chi connectivity index (χ0) is 22.5. The lowest BCUT2D eigenvalue weighted by Gasteiger charge is -2.13. The molecule has 0 saturated heterocycles. The first-order valence-corrected chi connectivity index (χ1v) is 10.4. The monoisotopic (exact) mass is 431 g/mol. The van der Waals surface area contributed by atoms with E-state index in [0.29, 0.717) is 36.8 Å². The van der Waals surface area contributed by atoms with Crippen LogP contribution in [0.25, 0.3) is 11.1 Å². The van der Waals surface area contributed by atoms with E-state index < -0.39 is 0 Å². The van der Waals surface area contributed by atoms with Gasteiger partial charge >= 0.3 is 6.03 Å². The molecule has 0 aliphatic carbocycles. The molecule has 164 valence electrons. The number of ether oxygens (including phenoxy) is 2. The highest BCUT2D eigenvalue weighted by molar-refractivity contribution is 6.02. The zero-order valence-electron chi connectivity index (χ0n) is 18.0. The fourth-order valence-corrected chi connectivity index (χ4v) is 3.64. The van der Waals surface area contributed by atoms with Crippen molar-refractivity contribution in [2.24, 2.45) is 0 Å². The molecule has 0 saturated carbocycles. The second-order valence-electron chi connectivity index (χ2n) is 7.55. The van der Waals surface area contributed by atoms with Crippen molar-refractivity contribution in [2.45, 2.75) is 13.5 Å². The van der Waals surface area contributed by atoms with Gasteiger partial charge in [-0.1, -0.05) is 24.3 Å². The highest BCUT2D eigenvalue weighted by atomic mass is 16.5. The van der Waals surface area contributed by atoms with Crippen molar-refractivity contribution >= 4 is 23.3 Å². The Balaban J connectivity index is 1.51. The van der Waals surface area contributed by atoms with Crippen molar-refractivity contribution in [2.75, 3.05) is 31.0 Å². The fourth-order valence-electron chi connectivity index (χ4n) is 3.64. The minimum absolute atomic E-state index is 0.107.